The highest BCUT2D eigenvalue weighted by molar-refractivity contribution is 8.76. The summed E-state index contributed by atoms with van der Waals surface area (Å²) in [5.41, 5.74) is 0. The van der Waals surface area contributed by atoms with Gasteiger partial charge in [-0.15, -0.1) is 0 Å². The molecule has 0 spiro atoms. The van der Waals surface area contributed by atoms with Crippen LogP contribution in [0.5, 0.6) is 0 Å². The Bertz CT molecular complexity index is 74.0. The van der Waals surface area contributed by atoms with Crippen molar-refractivity contribution in [2.75, 3.05) is 11.5 Å². The summed E-state index contributed by atoms with van der Waals surface area (Å²) >= 11 is 0. The van der Waals surface area contributed by atoms with E-state index in [0.717, 1.165) is 5.92 Å². The molecule has 1 atom stereocenters. The topological polar surface area (TPSA) is 0 Å². The van der Waals surface area contributed by atoms with Crippen LogP contribution in [0.4, 0.5) is 0 Å². The molecular formula is C9H20S2. The molecule has 0 rings (SSSR count). The van der Waals surface area contributed by atoms with Crippen LogP contribution in [0.15, 0.2) is 0 Å². The van der Waals surface area contributed by atoms with Gasteiger partial charge in [0.05, 0.1) is 0 Å². The van der Waals surface area contributed by atoms with E-state index in [0.29, 0.717) is 0 Å². The molecule has 0 aromatic carbocycles. The van der Waals surface area contributed by atoms with Crippen LogP contribution in [0.2, 0.25) is 0 Å². The van der Waals surface area contributed by atoms with Gasteiger partial charge in [-0.1, -0.05) is 55.2 Å². The Morgan fingerprint density at radius 2 is 1.82 bits per heavy atom. The van der Waals surface area contributed by atoms with Gasteiger partial charge in [0.25, 0.3) is 0 Å². The summed E-state index contributed by atoms with van der Waals surface area (Å²) in [6.45, 7) is 6.80. The van der Waals surface area contributed by atoms with Crippen LogP contribution in [0.25, 0.3) is 0 Å². The number of hydrogen-bond acceptors (Lipinski definition) is 2. The molecule has 0 saturated heterocycles. The smallest absolute Gasteiger partial charge is 0.00652 e. The largest absolute Gasteiger partial charge is 0.0944 e. The van der Waals surface area contributed by atoms with E-state index in [-0.39, 0.29) is 0 Å². The third kappa shape index (κ3) is 7.07. The second-order valence-corrected chi connectivity index (χ2v) is 5.55. The second-order valence-electron chi connectivity index (χ2n) is 2.75. The third-order valence-electron chi connectivity index (χ3n) is 1.78. The van der Waals surface area contributed by atoms with Crippen LogP contribution < -0.4 is 0 Å². The molecule has 0 bridgehead atoms. The van der Waals surface area contributed by atoms with E-state index in [1.54, 1.807) is 0 Å². The summed E-state index contributed by atoms with van der Waals surface area (Å²) in [6, 6.07) is 0. The fraction of sp³-hybridized carbons (Fsp3) is 1.00. The van der Waals surface area contributed by atoms with Crippen LogP contribution in [-0.2, 0) is 0 Å². The van der Waals surface area contributed by atoms with Crippen LogP contribution in [0.1, 0.15) is 40.0 Å². The molecule has 0 aromatic heterocycles. The van der Waals surface area contributed by atoms with Gasteiger partial charge in [-0.3, -0.25) is 0 Å². The summed E-state index contributed by atoms with van der Waals surface area (Å²) in [5, 5.41) is 0. The first-order valence-corrected chi connectivity index (χ1v) is 7.08. The zero-order valence-electron chi connectivity index (χ0n) is 7.93. The Hall–Kier alpha value is 0.700. The van der Waals surface area contributed by atoms with Crippen molar-refractivity contribution in [3.8, 4) is 0 Å². The fourth-order valence-corrected chi connectivity index (χ4v) is 3.26. The van der Waals surface area contributed by atoms with E-state index in [2.05, 4.69) is 20.8 Å². The van der Waals surface area contributed by atoms with Crippen molar-refractivity contribution in [3.63, 3.8) is 0 Å². The van der Waals surface area contributed by atoms with Crippen molar-refractivity contribution in [1.29, 1.82) is 0 Å². The lowest BCUT2D eigenvalue weighted by atomic mass is 10.0. The van der Waals surface area contributed by atoms with Crippen molar-refractivity contribution < 1.29 is 0 Å². The minimum atomic E-state index is 0.962. The average molecular weight is 192 g/mol. The number of rotatable bonds is 7. The zero-order chi connectivity index (χ0) is 8.53. The van der Waals surface area contributed by atoms with E-state index >= 15 is 0 Å². The molecule has 0 nitrogen and oxygen atoms in total. The maximum absolute atomic E-state index is 2.30. The average Bonchev–Trinajstić information content (AvgIpc) is 2.03. The Morgan fingerprint density at radius 3 is 2.27 bits per heavy atom. The van der Waals surface area contributed by atoms with Gasteiger partial charge < -0.3 is 0 Å². The minimum absolute atomic E-state index is 0.962. The molecule has 0 aliphatic rings. The lowest BCUT2D eigenvalue weighted by Crippen LogP contribution is -2.00. The molecule has 0 radical (unpaired) electrons. The van der Waals surface area contributed by atoms with Gasteiger partial charge >= 0.3 is 0 Å². The summed E-state index contributed by atoms with van der Waals surface area (Å²) in [6.07, 6.45) is 4.11. The van der Waals surface area contributed by atoms with Gasteiger partial charge in [-0.05, 0) is 12.3 Å². The van der Waals surface area contributed by atoms with Crippen LogP contribution in [0.3, 0.4) is 0 Å². The van der Waals surface area contributed by atoms with E-state index < -0.39 is 0 Å². The zero-order valence-corrected chi connectivity index (χ0v) is 9.56. The summed E-state index contributed by atoms with van der Waals surface area (Å²) in [4.78, 5) is 0. The molecular weight excluding hydrogens is 172 g/mol. The highest BCUT2D eigenvalue weighted by Crippen LogP contribution is 2.26. The van der Waals surface area contributed by atoms with Gasteiger partial charge in [0.15, 0.2) is 0 Å². The van der Waals surface area contributed by atoms with E-state index in [9.17, 15) is 0 Å². The molecule has 0 aliphatic heterocycles. The van der Waals surface area contributed by atoms with E-state index in [4.69, 9.17) is 0 Å². The van der Waals surface area contributed by atoms with Crippen LogP contribution in [-0.4, -0.2) is 11.5 Å². The van der Waals surface area contributed by atoms with Crippen molar-refractivity contribution >= 4 is 21.6 Å². The highest BCUT2D eigenvalue weighted by Gasteiger charge is 2.03. The summed E-state index contributed by atoms with van der Waals surface area (Å²) in [5.74, 6) is 3.56. The Labute approximate surface area is 79.3 Å². The van der Waals surface area contributed by atoms with Crippen LogP contribution in [0, 0.1) is 5.92 Å². The first kappa shape index (κ1) is 11.7. The lowest BCUT2D eigenvalue weighted by Gasteiger charge is -2.11. The molecule has 0 aromatic rings. The first-order chi connectivity index (χ1) is 5.35. The van der Waals surface area contributed by atoms with Gasteiger partial charge in [-0.25, -0.2) is 0 Å². The predicted octanol–water partition coefficient (Wildman–Crippen LogP) is 4.21. The SMILES string of the molecule is CCCC(CC)CSSCC. The molecule has 2 heteroatoms. The van der Waals surface area contributed by atoms with Crippen LogP contribution >= 0.6 is 21.6 Å². The third-order valence-corrected chi connectivity index (χ3v) is 4.40. The number of hydrogen-bond donors (Lipinski definition) is 0. The molecule has 0 amide bonds. The first-order valence-electron chi connectivity index (χ1n) is 4.59. The molecule has 0 saturated carbocycles. The Kier molecular flexibility index (Phi) is 9.35. The van der Waals surface area contributed by atoms with Crippen molar-refractivity contribution in [2.24, 2.45) is 5.92 Å². The summed E-state index contributed by atoms with van der Waals surface area (Å²) in [7, 11) is 4.04. The monoisotopic (exact) mass is 192 g/mol. The second kappa shape index (κ2) is 8.79. The lowest BCUT2D eigenvalue weighted by molar-refractivity contribution is 0.518. The Morgan fingerprint density at radius 1 is 1.09 bits per heavy atom. The minimum Gasteiger partial charge on any atom is -0.0944 e. The molecule has 11 heavy (non-hydrogen) atoms. The van der Waals surface area contributed by atoms with E-state index in [1.807, 2.05) is 21.6 Å². The fourth-order valence-electron chi connectivity index (χ4n) is 1.04. The van der Waals surface area contributed by atoms with Crippen molar-refractivity contribution in [1.82, 2.24) is 0 Å². The molecule has 1 unspecified atom stereocenters. The van der Waals surface area contributed by atoms with E-state index in [1.165, 1.54) is 30.8 Å². The molecule has 0 heterocycles. The maximum Gasteiger partial charge on any atom is 0.00652 e. The van der Waals surface area contributed by atoms with Gasteiger partial charge in [0, 0.05) is 11.5 Å². The summed E-state index contributed by atoms with van der Waals surface area (Å²) < 4.78 is 0. The Balaban J connectivity index is 3.20. The van der Waals surface area contributed by atoms with Crippen molar-refractivity contribution in [3.05, 3.63) is 0 Å². The standard InChI is InChI=1S/C9H20S2/c1-4-7-9(5-2)8-11-10-6-3/h9H,4-8H2,1-3H3. The predicted molar refractivity (Wildman–Crippen MR) is 59.3 cm³/mol. The molecule has 0 aliphatic carbocycles. The normalized spacial score (nSPS) is 13.4. The van der Waals surface area contributed by atoms with Crippen molar-refractivity contribution in [2.45, 2.75) is 40.0 Å². The molecule has 0 N–H and O–H groups in total. The molecule has 0 fully saturated rings. The van der Waals surface area contributed by atoms with Gasteiger partial charge in [-0.2, -0.15) is 0 Å². The molecule has 68 valence electrons. The quantitative estimate of drug-likeness (QED) is 0.438. The van der Waals surface area contributed by atoms with Gasteiger partial charge in [0.1, 0.15) is 0 Å². The van der Waals surface area contributed by atoms with Gasteiger partial charge in [0.2, 0.25) is 0 Å². The highest BCUT2D eigenvalue weighted by atomic mass is 33.1. The maximum atomic E-state index is 2.30.